The summed E-state index contributed by atoms with van der Waals surface area (Å²) < 4.78 is 27.0. The van der Waals surface area contributed by atoms with E-state index in [2.05, 4.69) is 20.5 Å². The first-order valence-corrected chi connectivity index (χ1v) is 8.14. The Labute approximate surface area is 144 Å². The van der Waals surface area contributed by atoms with E-state index in [0.29, 0.717) is 17.1 Å². The lowest BCUT2D eigenvalue weighted by Gasteiger charge is -2.43. The van der Waals surface area contributed by atoms with Gasteiger partial charge in [0.15, 0.2) is 5.82 Å². The van der Waals surface area contributed by atoms with Crippen molar-refractivity contribution < 1.29 is 8.78 Å². The predicted octanol–water partition coefficient (Wildman–Crippen LogP) is 4.31. The molecule has 0 saturated heterocycles. The monoisotopic (exact) mass is 338 g/mol. The van der Waals surface area contributed by atoms with Crippen molar-refractivity contribution in [2.45, 2.75) is 24.8 Å². The smallest absolute Gasteiger partial charge is 0.150 e. The van der Waals surface area contributed by atoms with Crippen LogP contribution in [0.1, 0.15) is 24.8 Å². The summed E-state index contributed by atoms with van der Waals surface area (Å²) in [6.07, 6.45) is 5.66. The van der Waals surface area contributed by atoms with Gasteiger partial charge in [-0.05, 0) is 55.2 Å². The molecule has 0 radical (unpaired) electrons. The van der Waals surface area contributed by atoms with Crippen molar-refractivity contribution in [2.24, 2.45) is 0 Å². The molecule has 1 N–H and O–H groups in total. The zero-order valence-electron chi connectivity index (χ0n) is 13.4. The van der Waals surface area contributed by atoms with Crippen LogP contribution in [0.4, 0.5) is 14.6 Å². The van der Waals surface area contributed by atoms with Crippen molar-refractivity contribution in [3.05, 3.63) is 72.1 Å². The standard InChI is InChI=1S/C19H16F2N4/c20-14-4-2-13(3-5-14)19(9-1-10-19)23-18-7-6-17(24-25-18)15-8-11-22-12-16(15)21/h2-8,11-12H,1,9-10H2,(H,23,25). The third kappa shape index (κ3) is 2.95. The molecule has 0 atom stereocenters. The van der Waals surface area contributed by atoms with Crippen molar-refractivity contribution in [1.29, 1.82) is 0 Å². The maximum absolute atomic E-state index is 13.8. The van der Waals surface area contributed by atoms with Crippen molar-refractivity contribution in [3.63, 3.8) is 0 Å². The Hall–Kier alpha value is -2.89. The van der Waals surface area contributed by atoms with E-state index in [4.69, 9.17) is 0 Å². The summed E-state index contributed by atoms with van der Waals surface area (Å²) in [6.45, 7) is 0. The van der Waals surface area contributed by atoms with Crippen LogP contribution in [0.15, 0.2) is 54.9 Å². The number of anilines is 1. The third-order valence-corrected chi connectivity index (χ3v) is 4.68. The summed E-state index contributed by atoms with van der Waals surface area (Å²) in [4.78, 5) is 3.73. The average Bonchev–Trinajstić information content (AvgIpc) is 2.60. The Kier molecular flexibility index (Phi) is 3.87. The topological polar surface area (TPSA) is 50.7 Å². The zero-order chi connectivity index (χ0) is 17.3. The highest BCUT2D eigenvalue weighted by Crippen LogP contribution is 2.43. The molecule has 1 fully saturated rings. The van der Waals surface area contributed by atoms with Crippen molar-refractivity contribution in [1.82, 2.24) is 15.2 Å². The van der Waals surface area contributed by atoms with Crippen molar-refractivity contribution >= 4 is 5.82 Å². The van der Waals surface area contributed by atoms with Gasteiger partial charge in [0.25, 0.3) is 0 Å². The number of nitrogens with one attached hydrogen (secondary N) is 1. The highest BCUT2D eigenvalue weighted by molar-refractivity contribution is 5.59. The summed E-state index contributed by atoms with van der Waals surface area (Å²) in [5, 5.41) is 11.7. The molecule has 0 unspecified atom stereocenters. The molecular formula is C19H16F2N4. The molecule has 0 bridgehead atoms. The van der Waals surface area contributed by atoms with Gasteiger partial charge in [0, 0.05) is 11.8 Å². The Balaban J connectivity index is 1.58. The molecule has 6 heteroatoms. The number of benzene rings is 1. The molecule has 2 heterocycles. The van der Waals surface area contributed by atoms with Crippen LogP contribution in [0, 0.1) is 11.6 Å². The molecule has 126 valence electrons. The van der Waals surface area contributed by atoms with Crippen LogP contribution in [0.2, 0.25) is 0 Å². The molecule has 0 spiro atoms. The minimum Gasteiger partial charge on any atom is -0.359 e. The fraction of sp³-hybridized carbons (Fsp3) is 0.211. The van der Waals surface area contributed by atoms with Crippen LogP contribution >= 0.6 is 0 Å². The molecule has 1 saturated carbocycles. The average molecular weight is 338 g/mol. The van der Waals surface area contributed by atoms with Gasteiger partial charge in [-0.15, -0.1) is 10.2 Å². The second-order valence-corrected chi connectivity index (χ2v) is 6.23. The Bertz CT molecular complexity index is 875. The van der Waals surface area contributed by atoms with Crippen LogP contribution in [-0.2, 0) is 5.54 Å². The minimum atomic E-state index is -0.431. The van der Waals surface area contributed by atoms with Gasteiger partial charge in [-0.25, -0.2) is 8.78 Å². The van der Waals surface area contributed by atoms with Gasteiger partial charge in [-0.2, -0.15) is 0 Å². The van der Waals surface area contributed by atoms with Gasteiger partial charge in [-0.1, -0.05) is 12.1 Å². The van der Waals surface area contributed by atoms with E-state index in [-0.39, 0.29) is 11.4 Å². The molecular weight excluding hydrogens is 322 g/mol. The predicted molar refractivity (Wildman–Crippen MR) is 90.8 cm³/mol. The molecule has 1 aliphatic carbocycles. The number of hydrogen-bond donors (Lipinski definition) is 1. The number of hydrogen-bond acceptors (Lipinski definition) is 4. The lowest BCUT2D eigenvalue weighted by molar-refractivity contribution is 0.283. The van der Waals surface area contributed by atoms with Crippen LogP contribution in [0.25, 0.3) is 11.3 Å². The first kappa shape index (κ1) is 15.6. The highest BCUT2D eigenvalue weighted by atomic mass is 19.1. The molecule has 0 aliphatic heterocycles. The summed E-state index contributed by atoms with van der Waals surface area (Å²) in [5.74, 6) is -0.0664. The largest absolute Gasteiger partial charge is 0.359 e. The van der Waals surface area contributed by atoms with Gasteiger partial charge in [0.2, 0.25) is 0 Å². The van der Waals surface area contributed by atoms with E-state index in [0.717, 1.165) is 31.0 Å². The van der Waals surface area contributed by atoms with Crippen LogP contribution in [0.5, 0.6) is 0 Å². The van der Waals surface area contributed by atoms with Gasteiger partial charge in [0.1, 0.15) is 11.6 Å². The van der Waals surface area contributed by atoms with E-state index < -0.39 is 5.82 Å². The molecule has 1 aliphatic rings. The fourth-order valence-corrected chi connectivity index (χ4v) is 3.16. The Morgan fingerprint density at radius 1 is 0.920 bits per heavy atom. The zero-order valence-corrected chi connectivity index (χ0v) is 13.4. The summed E-state index contributed by atoms with van der Waals surface area (Å²) in [7, 11) is 0. The number of rotatable bonds is 4. The summed E-state index contributed by atoms with van der Waals surface area (Å²) in [5.41, 5.74) is 1.61. The Morgan fingerprint density at radius 3 is 2.32 bits per heavy atom. The maximum atomic E-state index is 13.8. The quantitative estimate of drug-likeness (QED) is 0.770. The lowest BCUT2D eigenvalue weighted by Crippen LogP contribution is -2.42. The van der Waals surface area contributed by atoms with Crippen LogP contribution in [0.3, 0.4) is 0 Å². The van der Waals surface area contributed by atoms with Crippen molar-refractivity contribution in [3.8, 4) is 11.3 Å². The third-order valence-electron chi connectivity index (χ3n) is 4.68. The van der Waals surface area contributed by atoms with Crippen LogP contribution in [-0.4, -0.2) is 15.2 Å². The number of aromatic nitrogens is 3. The first-order valence-electron chi connectivity index (χ1n) is 8.14. The van der Waals surface area contributed by atoms with E-state index in [1.165, 1.54) is 18.3 Å². The van der Waals surface area contributed by atoms with Gasteiger partial charge in [0.05, 0.1) is 17.4 Å². The SMILES string of the molecule is Fc1ccc(C2(Nc3ccc(-c4ccncc4F)nn3)CCC2)cc1. The second-order valence-electron chi connectivity index (χ2n) is 6.23. The first-order chi connectivity index (χ1) is 12.2. The molecule has 3 aromatic rings. The van der Waals surface area contributed by atoms with E-state index in [1.54, 1.807) is 30.3 Å². The van der Waals surface area contributed by atoms with Gasteiger partial charge in [-0.3, -0.25) is 4.98 Å². The second kappa shape index (κ2) is 6.20. The fourth-order valence-electron chi connectivity index (χ4n) is 3.16. The maximum Gasteiger partial charge on any atom is 0.150 e. The Morgan fingerprint density at radius 2 is 1.72 bits per heavy atom. The van der Waals surface area contributed by atoms with E-state index in [1.807, 2.05) is 0 Å². The molecule has 4 nitrogen and oxygen atoms in total. The molecule has 25 heavy (non-hydrogen) atoms. The van der Waals surface area contributed by atoms with Crippen LogP contribution < -0.4 is 5.32 Å². The summed E-state index contributed by atoms with van der Waals surface area (Å²) in [6, 6.07) is 11.6. The summed E-state index contributed by atoms with van der Waals surface area (Å²) >= 11 is 0. The van der Waals surface area contributed by atoms with Crippen molar-refractivity contribution in [2.75, 3.05) is 5.32 Å². The molecule has 2 aromatic heterocycles. The van der Waals surface area contributed by atoms with E-state index >= 15 is 0 Å². The lowest BCUT2D eigenvalue weighted by atomic mass is 9.72. The number of pyridine rings is 1. The number of nitrogens with zero attached hydrogens (tertiary/aromatic N) is 3. The molecule has 4 rings (SSSR count). The van der Waals surface area contributed by atoms with Gasteiger partial charge < -0.3 is 5.32 Å². The minimum absolute atomic E-state index is 0.244. The highest BCUT2D eigenvalue weighted by Gasteiger charge is 2.39. The number of halogens is 2. The van der Waals surface area contributed by atoms with E-state index in [9.17, 15) is 8.78 Å². The normalized spacial score (nSPS) is 15.4. The van der Waals surface area contributed by atoms with Gasteiger partial charge >= 0.3 is 0 Å². The molecule has 1 aromatic carbocycles. The molecule has 0 amide bonds.